The van der Waals surface area contributed by atoms with Crippen LogP contribution < -0.4 is 5.32 Å². The Morgan fingerprint density at radius 3 is 2.26 bits per heavy atom. The lowest BCUT2D eigenvalue weighted by atomic mass is 9.99. The first kappa shape index (κ1) is 15.1. The Morgan fingerprint density at radius 2 is 1.65 bits per heavy atom. The number of nitrogens with zero attached hydrogens (tertiary/aromatic N) is 2. The van der Waals surface area contributed by atoms with E-state index in [-0.39, 0.29) is 11.7 Å². The molecule has 1 aliphatic heterocycles. The van der Waals surface area contributed by atoms with Crippen molar-refractivity contribution in [2.24, 2.45) is 10.2 Å². The van der Waals surface area contributed by atoms with E-state index in [4.69, 9.17) is 0 Å². The number of amides is 1. The lowest BCUT2D eigenvalue weighted by Gasteiger charge is -2.17. The van der Waals surface area contributed by atoms with Crippen LogP contribution in [0.15, 0.2) is 64.8 Å². The molecule has 2 aromatic carbocycles. The average Bonchev–Trinajstić information content (AvgIpc) is 3.04. The van der Waals surface area contributed by atoms with Crippen molar-refractivity contribution in [2.45, 2.75) is 18.9 Å². The van der Waals surface area contributed by atoms with Gasteiger partial charge in [-0.05, 0) is 31.2 Å². The van der Waals surface area contributed by atoms with E-state index in [9.17, 15) is 9.59 Å². The van der Waals surface area contributed by atoms with Gasteiger partial charge in [0, 0.05) is 23.2 Å². The van der Waals surface area contributed by atoms with Gasteiger partial charge in [0.15, 0.2) is 11.3 Å². The van der Waals surface area contributed by atoms with Crippen molar-refractivity contribution in [3.8, 4) is 0 Å². The average molecular weight is 307 g/mol. The normalized spacial score (nSPS) is 19.5. The minimum absolute atomic E-state index is 0.0416. The standard InChI is InChI=1S/C18H17N3O2/c1-18(11-12-19-21-18)17(23)20-15-9-7-14(8-10-15)16(22)13-5-3-2-4-6-13/h2-10H,11-12H2,1H3,(H,20,23). The molecule has 5 heteroatoms. The van der Waals surface area contributed by atoms with Crippen molar-refractivity contribution < 1.29 is 9.59 Å². The van der Waals surface area contributed by atoms with Gasteiger partial charge in [0.2, 0.25) is 0 Å². The fourth-order valence-corrected chi connectivity index (χ4v) is 2.41. The molecule has 0 bridgehead atoms. The molecule has 2 aromatic rings. The van der Waals surface area contributed by atoms with Crippen LogP contribution in [0.25, 0.3) is 0 Å². The Morgan fingerprint density at radius 1 is 1.00 bits per heavy atom. The molecular formula is C18H17N3O2. The summed E-state index contributed by atoms with van der Waals surface area (Å²) in [5, 5.41) is 10.7. The topological polar surface area (TPSA) is 70.9 Å². The van der Waals surface area contributed by atoms with Gasteiger partial charge in [-0.2, -0.15) is 10.2 Å². The van der Waals surface area contributed by atoms with Gasteiger partial charge in [-0.1, -0.05) is 30.3 Å². The van der Waals surface area contributed by atoms with Gasteiger partial charge in [0.25, 0.3) is 5.91 Å². The van der Waals surface area contributed by atoms with Crippen LogP contribution in [-0.4, -0.2) is 23.8 Å². The van der Waals surface area contributed by atoms with E-state index in [0.29, 0.717) is 29.8 Å². The lowest BCUT2D eigenvalue weighted by molar-refractivity contribution is -0.120. The number of carbonyl (C=O) groups is 2. The molecule has 3 rings (SSSR count). The second kappa shape index (κ2) is 6.12. The van der Waals surface area contributed by atoms with Gasteiger partial charge >= 0.3 is 0 Å². The minimum Gasteiger partial charge on any atom is -0.324 e. The number of benzene rings is 2. The molecule has 1 atom stereocenters. The summed E-state index contributed by atoms with van der Waals surface area (Å²) in [5.41, 5.74) is 1.07. The molecular weight excluding hydrogens is 290 g/mol. The number of ketones is 1. The molecule has 5 nitrogen and oxygen atoms in total. The molecule has 0 fully saturated rings. The summed E-state index contributed by atoms with van der Waals surface area (Å²) in [4.78, 5) is 24.6. The van der Waals surface area contributed by atoms with Crippen molar-refractivity contribution in [3.05, 3.63) is 65.7 Å². The van der Waals surface area contributed by atoms with Crippen LogP contribution in [0.4, 0.5) is 5.69 Å². The summed E-state index contributed by atoms with van der Waals surface area (Å²) in [5.74, 6) is -0.221. The smallest absolute Gasteiger partial charge is 0.253 e. The third-order valence-corrected chi connectivity index (χ3v) is 3.92. The van der Waals surface area contributed by atoms with Crippen LogP contribution in [0.2, 0.25) is 0 Å². The maximum Gasteiger partial charge on any atom is 0.253 e. The van der Waals surface area contributed by atoms with Gasteiger partial charge in [-0.15, -0.1) is 0 Å². The molecule has 1 amide bonds. The number of hydrogen-bond donors (Lipinski definition) is 1. The Balaban J connectivity index is 1.71. The summed E-state index contributed by atoms with van der Waals surface area (Å²) in [6.07, 6.45) is 0.614. The third-order valence-electron chi connectivity index (χ3n) is 3.92. The van der Waals surface area contributed by atoms with Gasteiger partial charge in [0.1, 0.15) is 0 Å². The Labute approximate surface area is 134 Å². The molecule has 1 N–H and O–H groups in total. The highest BCUT2D eigenvalue weighted by Crippen LogP contribution is 2.24. The van der Waals surface area contributed by atoms with E-state index in [2.05, 4.69) is 15.5 Å². The van der Waals surface area contributed by atoms with Gasteiger partial charge < -0.3 is 5.32 Å². The quantitative estimate of drug-likeness (QED) is 0.879. The first-order valence-corrected chi connectivity index (χ1v) is 7.48. The summed E-state index contributed by atoms with van der Waals surface area (Å²) in [6.45, 7) is 2.35. The molecule has 0 spiro atoms. The van der Waals surface area contributed by atoms with E-state index < -0.39 is 5.54 Å². The lowest BCUT2D eigenvalue weighted by Crippen LogP contribution is -2.36. The highest BCUT2D eigenvalue weighted by atomic mass is 16.2. The Hall–Kier alpha value is -2.82. The van der Waals surface area contributed by atoms with Crippen LogP contribution in [0.3, 0.4) is 0 Å². The number of anilines is 1. The summed E-state index contributed by atoms with van der Waals surface area (Å²) >= 11 is 0. The van der Waals surface area contributed by atoms with Crippen LogP contribution in [0.5, 0.6) is 0 Å². The highest BCUT2D eigenvalue weighted by Gasteiger charge is 2.35. The van der Waals surface area contributed by atoms with Gasteiger partial charge in [-0.3, -0.25) is 9.59 Å². The summed E-state index contributed by atoms with van der Waals surface area (Å²) < 4.78 is 0. The zero-order chi connectivity index (χ0) is 16.3. The Bertz CT molecular complexity index is 754. The van der Waals surface area contributed by atoms with Crippen molar-refractivity contribution >= 4 is 17.4 Å². The number of hydrogen-bond acceptors (Lipinski definition) is 4. The summed E-state index contributed by atoms with van der Waals surface area (Å²) in [7, 11) is 0. The van der Waals surface area contributed by atoms with Crippen molar-refractivity contribution in [2.75, 3.05) is 11.9 Å². The maximum atomic E-state index is 12.3. The predicted molar refractivity (Wildman–Crippen MR) is 87.7 cm³/mol. The van der Waals surface area contributed by atoms with Crippen molar-refractivity contribution in [1.29, 1.82) is 0 Å². The zero-order valence-electron chi connectivity index (χ0n) is 12.8. The summed E-state index contributed by atoms with van der Waals surface area (Å²) in [6, 6.07) is 16.0. The highest BCUT2D eigenvalue weighted by molar-refractivity contribution is 6.09. The molecule has 0 saturated heterocycles. The maximum absolute atomic E-state index is 12.3. The molecule has 1 unspecified atom stereocenters. The van der Waals surface area contributed by atoms with Crippen LogP contribution in [0, 0.1) is 0 Å². The molecule has 1 heterocycles. The minimum atomic E-state index is -0.793. The fraction of sp³-hybridized carbons (Fsp3) is 0.222. The van der Waals surface area contributed by atoms with E-state index >= 15 is 0 Å². The van der Waals surface area contributed by atoms with E-state index in [1.165, 1.54) is 0 Å². The molecule has 0 saturated carbocycles. The predicted octanol–water partition coefficient (Wildman–Crippen LogP) is 3.47. The monoisotopic (exact) mass is 307 g/mol. The molecule has 0 radical (unpaired) electrons. The number of carbonyl (C=O) groups excluding carboxylic acids is 2. The van der Waals surface area contributed by atoms with E-state index in [1.54, 1.807) is 43.3 Å². The number of rotatable bonds is 4. The third kappa shape index (κ3) is 3.18. The van der Waals surface area contributed by atoms with E-state index in [1.807, 2.05) is 18.2 Å². The van der Waals surface area contributed by atoms with Crippen molar-refractivity contribution in [1.82, 2.24) is 0 Å². The molecule has 1 aliphatic rings. The van der Waals surface area contributed by atoms with Gasteiger partial charge in [0.05, 0.1) is 6.54 Å². The largest absolute Gasteiger partial charge is 0.324 e. The zero-order valence-corrected chi connectivity index (χ0v) is 12.8. The first-order valence-electron chi connectivity index (χ1n) is 7.48. The SMILES string of the molecule is CC1(C(=O)Nc2ccc(C(=O)c3ccccc3)cc2)CCN=N1. The van der Waals surface area contributed by atoms with Crippen LogP contribution >= 0.6 is 0 Å². The molecule has 0 aliphatic carbocycles. The van der Waals surface area contributed by atoms with Crippen LogP contribution in [-0.2, 0) is 4.79 Å². The van der Waals surface area contributed by atoms with Gasteiger partial charge in [-0.25, -0.2) is 0 Å². The first-order chi connectivity index (χ1) is 11.1. The second-order valence-electron chi connectivity index (χ2n) is 5.72. The fourth-order valence-electron chi connectivity index (χ4n) is 2.41. The molecule has 23 heavy (non-hydrogen) atoms. The van der Waals surface area contributed by atoms with Crippen LogP contribution in [0.1, 0.15) is 29.3 Å². The number of azo groups is 1. The van der Waals surface area contributed by atoms with E-state index in [0.717, 1.165) is 0 Å². The Kier molecular flexibility index (Phi) is 4.02. The molecule has 0 aromatic heterocycles. The van der Waals surface area contributed by atoms with Crippen molar-refractivity contribution in [3.63, 3.8) is 0 Å². The second-order valence-corrected chi connectivity index (χ2v) is 5.72. The molecule has 116 valence electrons. The number of nitrogens with one attached hydrogen (secondary N) is 1.